The van der Waals surface area contributed by atoms with Gasteiger partial charge >= 0.3 is 0 Å². The summed E-state index contributed by atoms with van der Waals surface area (Å²) in [5.41, 5.74) is 6.28. The third-order valence-corrected chi connectivity index (χ3v) is 4.17. The predicted molar refractivity (Wildman–Crippen MR) is 83.7 cm³/mol. The lowest BCUT2D eigenvalue weighted by Gasteiger charge is -2.17. The molecular weight excluding hydrogens is 319 g/mol. The lowest BCUT2D eigenvalue weighted by Crippen LogP contribution is -2.29. The summed E-state index contributed by atoms with van der Waals surface area (Å²) in [5.74, 6) is 5.42. The first-order chi connectivity index (χ1) is 9.63. The molecular formula is C16H18BrFN2. The zero-order valence-corrected chi connectivity index (χ0v) is 13.0. The average molecular weight is 337 g/mol. The fourth-order valence-electron chi connectivity index (χ4n) is 2.17. The summed E-state index contributed by atoms with van der Waals surface area (Å²) in [6, 6.07) is 13.1. The lowest BCUT2D eigenvalue weighted by molar-refractivity contribution is 0.549. The van der Waals surface area contributed by atoms with Gasteiger partial charge in [-0.25, -0.2) is 4.39 Å². The highest BCUT2D eigenvalue weighted by atomic mass is 79.9. The molecule has 0 bridgehead atoms. The number of nitrogens with two attached hydrogens (primary N) is 1. The van der Waals surface area contributed by atoms with Crippen LogP contribution in [-0.2, 0) is 12.8 Å². The number of halogens is 2. The predicted octanol–water partition coefficient (Wildman–Crippen LogP) is 3.90. The number of nitrogens with one attached hydrogen (secondary N) is 1. The molecule has 0 amide bonds. The normalized spacial score (nSPS) is 12.4. The molecule has 1 atom stereocenters. The quantitative estimate of drug-likeness (QED) is 0.642. The van der Waals surface area contributed by atoms with Crippen molar-refractivity contribution in [3.63, 3.8) is 0 Å². The van der Waals surface area contributed by atoms with E-state index in [2.05, 4.69) is 52.5 Å². The van der Waals surface area contributed by atoms with E-state index < -0.39 is 0 Å². The molecule has 0 saturated heterocycles. The van der Waals surface area contributed by atoms with Gasteiger partial charge in [0.25, 0.3) is 0 Å². The zero-order chi connectivity index (χ0) is 14.5. The molecule has 0 aliphatic rings. The highest BCUT2D eigenvalue weighted by Crippen LogP contribution is 2.24. The molecule has 0 radical (unpaired) electrons. The summed E-state index contributed by atoms with van der Waals surface area (Å²) in [7, 11) is 0. The van der Waals surface area contributed by atoms with Crippen LogP contribution in [0.2, 0.25) is 0 Å². The highest BCUT2D eigenvalue weighted by molar-refractivity contribution is 9.10. The van der Waals surface area contributed by atoms with E-state index in [0.29, 0.717) is 6.42 Å². The Bertz CT molecular complexity index is 569. The number of hydrazine groups is 1. The van der Waals surface area contributed by atoms with E-state index in [-0.39, 0.29) is 11.9 Å². The Kier molecular flexibility index (Phi) is 5.29. The van der Waals surface area contributed by atoms with E-state index in [0.717, 1.165) is 22.0 Å². The monoisotopic (exact) mass is 336 g/mol. The van der Waals surface area contributed by atoms with Crippen molar-refractivity contribution in [1.82, 2.24) is 5.43 Å². The van der Waals surface area contributed by atoms with Crippen LogP contribution in [-0.4, -0.2) is 0 Å². The minimum atomic E-state index is -0.245. The fourth-order valence-corrected chi connectivity index (χ4v) is 2.68. The Labute approximate surface area is 127 Å². The Morgan fingerprint density at radius 1 is 1.20 bits per heavy atom. The van der Waals surface area contributed by atoms with Crippen LogP contribution >= 0.6 is 15.9 Å². The van der Waals surface area contributed by atoms with Gasteiger partial charge in [-0.3, -0.25) is 11.3 Å². The summed E-state index contributed by atoms with van der Waals surface area (Å²) >= 11 is 3.39. The van der Waals surface area contributed by atoms with E-state index in [9.17, 15) is 4.39 Å². The van der Waals surface area contributed by atoms with E-state index in [1.54, 1.807) is 6.07 Å². The van der Waals surface area contributed by atoms with Crippen LogP contribution in [0.1, 0.15) is 29.7 Å². The first kappa shape index (κ1) is 15.2. The summed E-state index contributed by atoms with van der Waals surface area (Å²) in [4.78, 5) is 0. The van der Waals surface area contributed by atoms with Gasteiger partial charge in [-0.05, 0) is 41.7 Å². The molecule has 106 valence electrons. The molecule has 0 aliphatic heterocycles. The zero-order valence-electron chi connectivity index (χ0n) is 11.4. The maximum Gasteiger partial charge on any atom is 0.124 e. The van der Waals surface area contributed by atoms with E-state index in [1.165, 1.54) is 17.7 Å². The fraction of sp³-hybridized carbons (Fsp3) is 0.250. The number of hydrogen-bond donors (Lipinski definition) is 2. The molecule has 2 rings (SSSR count). The highest BCUT2D eigenvalue weighted by Gasteiger charge is 2.12. The molecule has 2 aromatic rings. The van der Waals surface area contributed by atoms with Gasteiger partial charge in [0, 0.05) is 4.47 Å². The standard InChI is InChI=1S/C16H18BrFN2/c1-2-11-3-5-12(6-4-11)16(20-19)9-13-7-8-14(18)10-15(13)17/h3-8,10,16,20H,2,9,19H2,1H3. The van der Waals surface area contributed by atoms with Crippen LogP contribution in [0.3, 0.4) is 0 Å². The molecule has 3 N–H and O–H groups in total. The molecule has 2 aromatic carbocycles. The number of rotatable bonds is 5. The van der Waals surface area contributed by atoms with Gasteiger partial charge in [0.1, 0.15) is 5.82 Å². The maximum absolute atomic E-state index is 13.1. The van der Waals surface area contributed by atoms with Crippen molar-refractivity contribution in [2.45, 2.75) is 25.8 Å². The smallest absolute Gasteiger partial charge is 0.124 e. The topological polar surface area (TPSA) is 38.0 Å². The number of benzene rings is 2. The van der Waals surface area contributed by atoms with Gasteiger partial charge in [0.2, 0.25) is 0 Å². The third kappa shape index (κ3) is 3.66. The van der Waals surface area contributed by atoms with Crippen LogP contribution in [0.4, 0.5) is 4.39 Å². The van der Waals surface area contributed by atoms with Gasteiger partial charge in [0.05, 0.1) is 6.04 Å². The van der Waals surface area contributed by atoms with Crippen molar-refractivity contribution in [2.75, 3.05) is 0 Å². The second kappa shape index (κ2) is 6.97. The van der Waals surface area contributed by atoms with Crippen molar-refractivity contribution >= 4 is 15.9 Å². The van der Waals surface area contributed by atoms with Crippen LogP contribution in [0.5, 0.6) is 0 Å². The van der Waals surface area contributed by atoms with E-state index in [1.807, 2.05) is 0 Å². The second-order valence-corrected chi connectivity index (χ2v) is 5.61. The summed E-state index contributed by atoms with van der Waals surface area (Å²) in [5, 5.41) is 0. The van der Waals surface area contributed by atoms with Crippen molar-refractivity contribution in [1.29, 1.82) is 0 Å². The first-order valence-electron chi connectivity index (χ1n) is 6.63. The van der Waals surface area contributed by atoms with Crippen molar-refractivity contribution in [2.24, 2.45) is 5.84 Å². The second-order valence-electron chi connectivity index (χ2n) is 4.75. The largest absolute Gasteiger partial charge is 0.271 e. The molecule has 0 aromatic heterocycles. The van der Waals surface area contributed by atoms with Crippen molar-refractivity contribution in [3.05, 3.63) is 69.4 Å². The van der Waals surface area contributed by atoms with Crippen LogP contribution < -0.4 is 11.3 Å². The van der Waals surface area contributed by atoms with E-state index in [4.69, 9.17) is 5.84 Å². The molecule has 2 nitrogen and oxygen atoms in total. The minimum absolute atomic E-state index is 0.00247. The van der Waals surface area contributed by atoms with Gasteiger partial charge in [-0.1, -0.05) is 53.2 Å². The molecule has 0 saturated carbocycles. The molecule has 0 spiro atoms. The first-order valence-corrected chi connectivity index (χ1v) is 7.42. The SMILES string of the molecule is CCc1ccc(C(Cc2ccc(F)cc2Br)NN)cc1. The molecule has 0 fully saturated rings. The van der Waals surface area contributed by atoms with Gasteiger partial charge < -0.3 is 0 Å². The van der Waals surface area contributed by atoms with Gasteiger partial charge in [0.15, 0.2) is 0 Å². The Balaban J connectivity index is 2.19. The molecule has 4 heteroatoms. The third-order valence-electron chi connectivity index (χ3n) is 3.43. The maximum atomic E-state index is 13.1. The van der Waals surface area contributed by atoms with Crippen LogP contribution in [0, 0.1) is 5.82 Å². The summed E-state index contributed by atoms with van der Waals surface area (Å²) in [6.07, 6.45) is 1.72. The van der Waals surface area contributed by atoms with Crippen LogP contribution in [0.25, 0.3) is 0 Å². The molecule has 0 aliphatic carbocycles. The Morgan fingerprint density at radius 2 is 1.90 bits per heavy atom. The molecule has 0 heterocycles. The van der Waals surface area contributed by atoms with E-state index >= 15 is 0 Å². The Hall–Kier alpha value is -1.23. The van der Waals surface area contributed by atoms with Gasteiger partial charge in [-0.15, -0.1) is 0 Å². The number of aryl methyl sites for hydroxylation is 1. The summed E-state index contributed by atoms with van der Waals surface area (Å²) in [6.45, 7) is 2.13. The Morgan fingerprint density at radius 3 is 2.45 bits per heavy atom. The summed E-state index contributed by atoms with van der Waals surface area (Å²) < 4.78 is 13.9. The molecule has 20 heavy (non-hydrogen) atoms. The van der Waals surface area contributed by atoms with Crippen LogP contribution in [0.15, 0.2) is 46.9 Å². The lowest BCUT2D eigenvalue weighted by atomic mass is 9.98. The molecule has 1 unspecified atom stereocenters. The van der Waals surface area contributed by atoms with Gasteiger partial charge in [-0.2, -0.15) is 0 Å². The minimum Gasteiger partial charge on any atom is -0.271 e. The van der Waals surface area contributed by atoms with Crippen molar-refractivity contribution < 1.29 is 4.39 Å². The number of hydrogen-bond acceptors (Lipinski definition) is 2. The van der Waals surface area contributed by atoms with Crippen molar-refractivity contribution in [3.8, 4) is 0 Å². The average Bonchev–Trinajstić information content (AvgIpc) is 2.47.